The molecule has 0 radical (unpaired) electrons. The van der Waals surface area contributed by atoms with E-state index in [4.69, 9.17) is 9.05 Å². The molecule has 0 saturated heterocycles. The summed E-state index contributed by atoms with van der Waals surface area (Å²) < 4.78 is 46.8. The van der Waals surface area contributed by atoms with E-state index in [1.807, 2.05) is 6.92 Å². The Morgan fingerprint density at radius 3 is 2.00 bits per heavy atom. The SMILES string of the molecule is C=C(P(=O)(OCC)OCC)S(=O)(=O)c1ccc(C)cc1. The maximum atomic E-state index is 12.5. The van der Waals surface area contributed by atoms with Crippen molar-refractivity contribution in [2.45, 2.75) is 25.7 Å². The predicted octanol–water partition coefficient (Wildman–Crippen LogP) is 3.51. The maximum Gasteiger partial charge on any atom is 0.372 e. The van der Waals surface area contributed by atoms with Crippen molar-refractivity contribution in [2.75, 3.05) is 13.2 Å². The molecule has 0 aliphatic heterocycles. The first-order valence-electron chi connectivity index (χ1n) is 6.18. The summed E-state index contributed by atoms with van der Waals surface area (Å²) in [4.78, 5) is 0.0210. The number of aryl methyl sites for hydroxylation is 1. The second-order valence-corrected chi connectivity index (χ2v) is 8.37. The van der Waals surface area contributed by atoms with E-state index in [1.54, 1.807) is 26.0 Å². The smallest absolute Gasteiger partial charge is 0.305 e. The zero-order valence-electron chi connectivity index (χ0n) is 11.8. The van der Waals surface area contributed by atoms with Crippen LogP contribution in [0.3, 0.4) is 0 Å². The topological polar surface area (TPSA) is 69.7 Å². The molecule has 0 heterocycles. The van der Waals surface area contributed by atoms with Gasteiger partial charge in [0.15, 0.2) is 4.65 Å². The molecule has 1 rings (SSSR count). The van der Waals surface area contributed by atoms with Gasteiger partial charge in [-0.1, -0.05) is 24.3 Å². The average molecular weight is 318 g/mol. The summed E-state index contributed by atoms with van der Waals surface area (Å²) in [7, 11) is -7.86. The van der Waals surface area contributed by atoms with Gasteiger partial charge in [-0.2, -0.15) is 0 Å². The monoisotopic (exact) mass is 318 g/mol. The van der Waals surface area contributed by atoms with Crippen LogP contribution >= 0.6 is 7.60 Å². The third-order valence-electron chi connectivity index (χ3n) is 2.55. The average Bonchev–Trinajstić information content (AvgIpc) is 2.39. The highest BCUT2D eigenvalue weighted by molar-refractivity contribution is 8.03. The standard InChI is InChI=1S/C13H19O5PS/c1-5-17-19(14,18-6-2)12(4)20(15,16)13-9-7-11(3)8-10-13/h7-10H,4-6H2,1-3H3. The zero-order chi connectivity index (χ0) is 15.4. The molecule has 7 heteroatoms. The largest absolute Gasteiger partial charge is 0.372 e. The normalized spacial score (nSPS) is 12.3. The molecule has 5 nitrogen and oxygen atoms in total. The lowest BCUT2D eigenvalue weighted by Gasteiger charge is -2.19. The van der Waals surface area contributed by atoms with Crippen molar-refractivity contribution in [2.24, 2.45) is 0 Å². The van der Waals surface area contributed by atoms with Crippen LogP contribution < -0.4 is 0 Å². The molecule has 0 unspecified atom stereocenters. The Morgan fingerprint density at radius 1 is 1.15 bits per heavy atom. The number of sulfone groups is 1. The lowest BCUT2D eigenvalue weighted by Crippen LogP contribution is -2.08. The lowest BCUT2D eigenvalue weighted by atomic mass is 10.2. The third kappa shape index (κ3) is 3.58. The summed E-state index contributed by atoms with van der Waals surface area (Å²) >= 11 is 0. The molecule has 0 spiro atoms. The first-order valence-corrected chi connectivity index (χ1v) is 9.21. The van der Waals surface area contributed by atoms with Gasteiger partial charge in [0.05, 0.1) is 18.1 Å². The highest BCUT2D eigenvalue weighted by atomic mass is 32.2. The first-order chi connectivity index (χ1) is 9.28. The van der Waals surface area contributed by atoms with Crippen LogP contribution in [0.2, 0.25) is 0 Å². The van der Waals surface area contributed by atoms with Gasteiger partial charge in [-0.05, 0) is 32.9 Å². The molecule has 0 bridgehead atoms. The quantitative estimate of drug-likeness (QED) is 0.720. The van der Waals surface area contributed by atoms with E-state index < -0.39 is 22.1 Å². The van der Waals surface area contributed by atoms with Crippen molar-refractivity contribution in [1.82, 2.24) is 0 Å². The van der Waals surface area contributed by atoms with Crippen molar-refractivity contribution >= 4 is 17.4 Å². The van der Waals surface area contributed by atoms with Gasteiger partial charge in [-0.3, -0.25) is 4.57 Å². The summed E-state index contributed by atoms with van der Waals surface area (Å²) in [5.41, 5.74) is 0.923. The summed E-state index contributed by atoms with van der Waals surface area (Å²) in [5.74, 6) is 0. The second kappa shape index (κ2) is 6.68. The molecule has 0 aromatic heterocycles. The molecule has 0 amide bonds. The highest BCUT2D eigenvalue weighted by Gasteiger charge is 2.38. The Hall–Kier alpha value is -0.940. The molecular formula is C13H19O5PS. The van der Waals surface area contributed by atoms with Crippen LogP contribution in [0, 0.1) is 6.92 Å². The molecule has 1 aromatic rings. The van der Waals surface area contributed by atoms with Gasteiger partial charge in [0, 0.05) is 0 Å². The van der Waals surface area contributed by atoms with Crippen LogP contribution in [0.4, 0.5) is 0 Å². The molecule has 1 aromatic carbocycles. The number of hydrogen-bond donors (Lipinski definition) is 0. The van der Waals surface area contributed by atoms with Crippen LogP contribution in [-0.2, 0) is 23.4 Å². The van der Waals surface area contributed by atoms with Crippen LogP contribution in [0.5, 0.6) is 0 Å². The Morgan fingerprint density at radius 2 is 1.60 bits per heavy atom. The highest BCUT2D eigenvalue weighted by Crippen LogP contribution is 2.58. The van der Waals surface area contributed by atoms with E-state index >= 15 is 0 Å². The fourth-order valence-electron chi connectivity index (χ4n) is 1.52. The van der Waals surface area contributed by atoms with Crippen LogP contribution in [0.1, 0.15) is 19.4 Å². The Balaban J connectivity index is 3.23. The van der Waals surface area contributed by atoms with E-state index in [9.17, 15) is 13.0 Å². The molecule has 0 fully saturated rings. The summed E-state index contributed by atoms with van der Waals surface area (Å²) in [6, 6.07) is 6.20. The van der Waals surface area contributed by atoms with E-state index in [0.29, 0.717) is 0 Å². The van der Waals surface area contributed by atoms with Gasteiger partial charge in [0.1, 0.15) is 0 Å². The van der Waals surface area contributed by atoms with E-state index in [-0.39, 0.29) is 18.1 Å². The Bertz CT molecular complexity index is 609. The molecular weight excluding hydrogens is 299 g/mol. The summed E-state index contributed by atoms with van der Waals surface area (Å²) in [5, 5.41) is 0. The summed E-state index contributed by atoms with van der Waals surface area (Å²) in [6.45, 7) is 8.63. The van der Waals surface area contributed by atoms with Crippen molar-refractivity contribution in [3.05, 3.63) is 41.1 Å². The van der Waals surface area contributed by atoms with Crippen molar-refractivity contribution in [3.63, 3.8) is 0 Å². The third-order valence-corrected chi connectivity index (χ3v) is 7.26. The predicted molar refractivity (Wildman–Crippen MR) is 78.4 cm³/mol. The van der Waals surface area contributed by atoms with Gasteiger partial charge in [0.2, 0.25) is 9.84 Å². The maximum absolute atomic E-state index is 12.5. The minimum atomic E-state index is -3.97. The first kappa shape index (κ1) is 17.1. The summed E-state index contributed by atoms with van der Waals surface area (Å²) in [6.07, 6.45) is 0. The van der Waals surface area contributed by atoms with Crippen LogP contribution in [-0.4, -0.2) is 21.6 Å². The minimum absolute atomic E-state index is 0.0210. The van der Waals surface area contributed by atoms with E-state index in [1.165, 1.54) is 12.1 Å². The number of hydrogen-bond acceptors (Lipinski definition) is 5. The van der Waals surface area contributed by atoms with Crippen molar-refractivity contribution in [1.29, 1.82) is 0 Å². The Labute approximate surface area is 120 Å². The van der Waals surface area contributed by atoms with E-state index in [2.05, 4.69) is 6.58 Å². The fourth-order valence-corrected chi connectivity index (χ4v) is 5.14. The van der Waals surface area contributed by atoms with Gasteiger partial charge < -0.3 is 9.05 Å². The van der Waals surface area contributed by atoms with Gasteiger partial charge >= 0.3 is 7.60 Å². The number of benzene rings is 1. The Kier molecular flexibility index (Phi) is 5.71. The molecule has 0 N–H and O–H groups in total. The molecule has 0 aliphatic rings. The van der Waals surface area contributed by atoms with E-state index in [0.717, 1.165) is 5.56 Å². The number of rotatable bonds is 7. The molecule has 20 heavy (non-hydrogen) atoms. The van der Waals surface area contributed by atoms with Gasteiger partial charge in [-0.15, -0.1) is 0 Å². The van der Waals surface area contributed by atoms with Crippen molar-refractivity contribution < 1.29 is 22.0 Å². The molecule has 0 aliphatic carbocycles. The van der Waals surface area contributed by atoms with Gasteiger partial charge in [-0.25, -0.2) is 8.42 Å². The molecule has 0 atom stereocenters. The van der Waals surface area contributed by atoms with Crippen LogP contribution in [0.25, 0.3) is 0 Å². The fraction of sp³-hybridized carbons (Fsp3) is 0.385. The zero-order valence-corrected chi connectivity index (χ0v) is 13.5. The van der Waals surface area contributed by atoms with Crippen molar-refractivity contribution in [3.8, 4) is 0 Å². The second-order valence-electron chi connectivity index (χ2n) is 4.04. The minimum Gasteiger partial charge on any atom is -0.305 e. The molecule has 0 saturated carbocycles. The molecule has 112 valence electrons. The lowest BCUT2D eigenvalue weighted by molar-refractivity contribution is 0.228. The van der Waals surface area contributed by atoms with Crippen LogP contribution in [0.15, 0.2) is 40.4 Å². The van der Waals surface area contributed by atoms with Gasteiger partial charge in [0.25, 0.3) is 0 Å².